The standard InChI is InChI=1S/C17H23NOS.C2H6/c1-7-11-12-14-16(10-4)20(19)18-17(5,6)15(9-3)13-8-2;1-2/h7-14,18H,1-4H2,5-6H3;1-2H3/b12-11-,15-13+,16-14+;. The lowest BCUT2D eigenvalue weighted by Gasteiger charge is -2.27. The molecule has 1 unspecified atom stereocenters. The average Bonchev–Trinajstić information content (AvgIpc) is 2.50. The van der Waals surface area contributed by atoms with Gasteiger partial charge in [0.05, 0.1) is 10.4 Å². The smallest absolute Gasteiger partial charge is 0.125 e. The van der Waals surface area contributed by atoms with Crippen molar-refractivity contribution >= 4 is 11.0 Å². The highest BCUT2D eigenvalue weighted by Gasteiger charge is 2.23. The largest absolute Gasteiger partial charge is 0.237 e. The second-order valence-electron chi connectivity index (χ2n) is 4.45. The van der Waals surface area contributed by atoms with Crippen LogP contribution in [0, 0.1) is 0 Å². The highest BCUT2D eigenvalue weighted by molar-refractivity contribution is 7.87. The van der Waals surface area contributed by atoms with Gasteiger partial charge >= 0.3 is 0 Å². The first-order valence-corrected chi connectivity index (χ1v) is 8.35. The zero-order valence-corrected chi connectivity index (χ0v) is 15.1. The average molecular weight is 320 g/mol. The van der Waals surface area contributed by atoms with E-state index in [1.54, 1.807) is 42.5 Å². The third-order valence-electron chi connectivity index (χ3n) is 2.51. The molecule has 0 saturated carbocycles. The monoisotopic (exact) mass is 319 g/mol. The van der Waals surface area contributed by atoms with Crippen LogP contribution in [0.2, 0.25) is 0 Å². The van der Waals surface area contributed by atoms with Crippen molar-refractivity contribution in [2.24, 2.45) is 0 Å². The molecule has 0 amide bonds. The first-order chi connectivity index (χ1) is 10.4. The quantitative estimate of drug-likeness (QED) is 0.585. The lowest BCUT2D eigenvalue weighted by Crippen LogP contribution is -2.41. The van der Waals surface area contributed by atoms with E-state index in [0.717, 1.165) is 5.57 Å². The van der Waals surface area contributed by atoms with Gasteiger partial charge < -0.3 is 0 Å². The normalized spacial score (nSPS) is 13.8. The van der Waals surface area contributed by atoms with E-state index in [9.17, 15) is 4.21 Å². The van der Waals surface area contributed by atoms with Crippen molar-refractivity contribution in [1.82, 2.24) is 4.72 Å². The Bertz CT molecular complexity index is 494. The molecule has 0 aromatic carbocycles. The molecule has 0 rings (SSSR count). The zero-order chi connectivity index (χ0) is 17.6. The van der Waals surface area contributed by atoms with Gasteiger partial charge in [0.15, 0.2) is 0 Å². The summed E-state index contributed by atoms with van der Waals surface area (Å²) in [6.07, 6.45) is 13.7. The second kappa shape index (κ2) is 13.0. The van der Waals surface area contributed by atoms with Crippen LogP contribution in [0.5, 0.6) is 0 Å². The molecular formula is C19H29NOS. The number of nitrogens with one attached hydrogen (secondary N) is 1. The van der Waals surface area contributed by atoms with Crippen molar-refractivity contribution in [2.75, 3.05) is 0 Å². The molecule has 0 fully saturated rings. The van der Waals surface area contributed by atoms with E-state index in [4.69, 9.17) is 0 Å². The lowest BCUT2D eigenvalue weighted by molar-refractivity contribution is 0.560. The molecule has 0 heterocycles. The van der Waals surface area contributed by atoms with Crippen LogP contribution in [0.1, 0.15) is 27.7 Å². The maximum absolute atomic E-state index is 12.3. The Kier molecular flexibility index (Phi) is 13.3. The van der Waals surface area contributed by atoms with Crippen LogP contribution in [0.25, 0.3) is 0 Å². The molecule has 0 radical (unpaired) electrons. The van der Waals surface area contributed by atoms with E-state index >= 15 is 0 Å². The summed E-state index contributed by atoms with van der Waals surface area (Å²) in [5.41, 5.74) is 0.413. The van der Waals surface area contributed by atoms with Gasteiger partial charge in [0, 0.05) is 0 Å². The second-order valence-corrected chi connectivity index (χ2v) is 5.66. The van der Waals surface area contributed by atoms with Crippen molar-refractivity contribution in [3.63, 3.8) is 0 Å². The maximum atomic E-state index is 12.3. The predicted molar refractivity (Wildman–Crippen MR) is 103 cm³/mol. The molecule has 0 aromatic rings. The summed E-state index contributed by atoms with van der Waals surface area (Å²) < 4.78 is 15.4. The number of hydrogen-bond donors (Lipinski definition) is 1. The van der Waals surface area contributed by atoms with Crippen molar-refractivity contribution in [1.29, 1.82) is 0 Å². The molecule has 0 spiro atoms. The van der Waals surface area contributed by atoms with Crippen LogP contribution in [0.4, 0.5) is 0 Å². The van der Waals surface area contributed by atoms with Crippen molar-refractivity contribution in [3.8, 4) is 0 Å². The molecule has 0 aliphatic carbocycles. The predicted octanol–water partition coefficient (Wildman–Crippen LogP) is 5.16. The van der Waals surface area contributed by atoms with Gasteiger partial charge in [0.1, 0.15) is 11.0 Å². The molecule has 3 heteroatoms. The van der Waals surface area contributed by atoms with Crippen LogP contribution < -0.4 is 4.72 Å². The zero-order valence-electron chi connectivity index (χ0n) is 14.3. The van der Waals surface area contributed by atoms with E-state index < -0.39 is 16.5 Å². The molecule has 1 N–H and O–H groups in total. The molecule has 1 atom stereocenters. The summed E-state index contributed by atoms with van der Waals surface area (Å²) in [4.78, 5) is 0.596. The molecule has 0 aliphatic rings. The molecule has 0 bridgehead atoms. The van der Waals surface area contributed by atoms with E-state index in [1.807, 2.05) is 33.8 Å². The summed E-state index contributed by atoms with van der Waals surface area (Å²) in [5.74, 6) is 0. The maximum Gasteiger partial charge on any atom is 0.125 e. The van der Waals surface area contributed by atoms with Gasteiger partial charge in [-0.2, -0.15) is 0 Å². The van der Waals surface area contributed by atoms with Crippen molar-refractivity contribution in [3.05, 3.63) is 85.4 Å². The topological polar surface area (TPSA) is 29.1 Å². The summed E-state index contributed by atoms with van der Waals surface area (Å²) >= 11 is 0. The Morgan fingerprint density at radius 2 is 1.55 bits per heavy atom. The van der Waals surface area contributed by atoms with E-state index in [0.29, 0.717) is 4.91 Å². The van der Waals surface area contributed by atoms with Gasteiger partial charge in [-0.25, -0.2) is 8.93 Å². The SMILES string of the molecule is C=C/C=C\C=C(/C=C)S(=O)NC(C)(C)/C(C=C)=C/C=C.CC. The minimum Gasteiger partial charge on any atom is -0.237 e. The Balaban J connectivity index is 0. The summed E-state index contributed by atoms with van der Waals surface area (Å²) in [6.45, 7) is 22.6. The first kappa shape index (κ1) is 22.6. The van der Waals surface area contributed by atoms with Crippen molar-refractivity contribution < 1.29 is 4.21 Å². The molecule has 122 valence electrons. The molecule has 22 heavy (non-hydrogen) atoms. The van der Waals surface area contributed by atoms with Crippen molar-refractivity contribution in [2.45, 2.75) is 33.2 Å². The molecular weight excluding hydrogens is 290 g/mol. The fourth-order valence-electron chi connectivity index (χ4n) is 1.44. The van der Waals surface area contributed by atoms with Crippen LogP contribution >= 0.6 is 0 Å². The van der Waals surface area contributed by atoms with Crippen LogP contribution in [-0.2, 0) is 11.0 Å². The Labute approximate surface area is 139 Å². The molecule has 0 aromatic heterocycles. The van der Waals surface area contributed by atoms with Gasteiger partial charge in [-0.3, -0.25) is 0 Å². The first-order valence-electron chi connectivity index (χ1n) is 7.20. The van der Waals surface area contributed by atoms with E-state index in [1.165, 1.54) is 0 Å². The van der Waals surface area contributed by atoms with E-state index in [2.05, 4.69) is 31.0 Å². The van der Waals surface area contributed by atoms with Gasteiger partial charge in [-0.15, -0.1) is 0 Å². The fourth-order valence-corrected chi connectivity index (χ4v) is 2.50. The highest BCUT2D eigenvalue weighted by atomic mass is 32.2. The van der Waals surface area contributed by atoms with Crippen LogP contribution in [-0.4, -0.2) is 9.75 Å². The summed E-state index contributed by atoms with van der Waals surface area (Å²) in [7, 11) is -1.37. The minimum absolute atomic E-state index is 0.495. The van der Waals surface area contributed by atoms with Gasteiger partial charge in [0.2, 0.25) is 0 Å². The lowest BCUT2D eigenvalue weighted by atomic mass is 9.95. The summed E-state index contributed by atoms with van der Waals surface area (Å²) in [6, 6.07) is 0. The van der Waals surface area contributed by atoms with Crippen LogP contribution in [0.3, 0.4) is 0 Å². The van der Waals surface area contributed by atoms with Gasteiger partial charge in [-0.1, -0.05) is 82.7 Å². The van der Waals surface area contributed by atoms with Gasteiger partial charge in [-0.05, 0) is 25.5 Å². The van der Waals surface area contributed by atoms with Gasteiger partial charge in [0.25, 0.3) is 0 Å². The molecule has 2 nitrogen and oxygen atoms in total. The van der Waals surface area contributed by atoms with Crippen LogP contribution in [0.15, 0.2) is 85.4 Å². The number of allylic oxidation sites excluding steroid dienone is 7. The number of hydrogen-bond acceptors (Lipinski definition) is 1. The summed E-state index contributed by atoms with van der Waals surface area (Å²) in [5, 5.41) is 0. The number of rotatable bonds is 9. The fraction of sp³-hybridized carbons (Fsp3) is 0.263. The Hall–Kier alpha value is -1.71. The molecule has 0 saturated heterocycles. The Morgan fingerprint density at radius 3 is 1.95 bits per heavy atom. The Morgan fingerprint density at radius 1 is 0.955 bits per heavy atom. The van der Waals surface area contributed by atoms with E-state index in [-0.39, 0.29) is 0 Å². The third kappa shape index (κ3) is 8.55. The minimum atomic E-state index is -1.37. The third-order valence-corrected chi connectivity index (χ3v) is 3.94. The highest BCUT2D eigenvalue weighted by Crippen LogP contribution is 2.19. The molecule has 0 aliphatic heterocycles.